The van der Waals surface area contributed by atoms with E-state index in [4.69, 9.17) is 15.9 Å². The molecule has 5 nitrogen and oxygen atoms in total. The predicted octanol–water partition coefficient (Wildman–Crippen LogP) is -0.990. The van der Waals surface area contributed by atoms with Crippen molar-refractivity contribution in [2.75, 3.05) is 13.7 Å². The van der Waals surface area contributed by atoms with Gasteiger partial charge in [-0.25, -0.2) is 0 Å². The van der Waals surface area contributed by atoms with Crippen molar-refractivity contribution in [1.29, 1.82) is 0 Å². The lowest BCUT2D eigenvalue weighted by Gasteiger charge is -1.87. The Bertz CT molecular complexity index is 100. The zero-order valence-corrected chi connectivity index (χ0v) is 4.96. The second-order valence-electron chi connectivity index (χ2n) is 0.872. The molecule has 0 bridgehead atoms. The molecule has 0 atom stereocenters. The Hall–Kier alpha value is -1.19. The number of hydrogen-bond acceptors (Lipinski definition) is 4. The van der Waals surface area contributed by atoms with Gasteiger partial charge in [0.05, 0.1) is 13.7 Å². The van der Waals surface area contributed by atoms with E-state index >= 15 is 0 Å². The molecule has 0 aliphatic rings. The van der Waals surface area contributed by atoms with Crippen LogP contribution in [0.5, 0.6) is 0 Å². The van der Waals surface area contributed by atoms with Gasteiger partial charge in [-0.2, -0.15) is 0 Å². The average Bonchev–Trinajstić information content (AvgIpc) is 1.88. The van der Waals surface area contributed by atoms with Crippen LogP contribution >= 0.6 is 0 Å². The van der Waals surface area contributed by atoms with Crippen LogP contribution in [0.4, 0.5) is 0 Å². The lowest BCUT2D eigenvalue weighted by atomic mass is 10.7. The maximum absolute atomic E-state index is 9.83. The van der Waals surface area contributed by atoms with Gasteiger partial charge in [-0.05, 0) is 6.08 Å². The summed E-state index contributed by atoms with van der Waals surface area (Å²) in [6, 6.07) is 0. The van der Waals surface area contributed by atoms with Crippen molar-refractivity contribution < 1.29 is 14.3 Å². The molecule has 2 N–H and O–H groups in total. The first-order valence-electron chi connectivity index (χ1n) is 2.01. The largest absolute Gasteiger partial charge is 0.724 e. The Morgan fingerprint density at radius 2 is 2.22 bits per heavy atom. The van der Waals surface area contributed by atoms with Gasteiger partial charge >= 0.3 is 5.97 Å². The molecule has 0 aromatic rings. The quantitative estimate of drug-likeness (QED) is 0.281. The number of carbonyl (C=O) groups excluding carboxylic acids is 2. The molecule has 0 rings (SSSR count). The molecule has 0 unspecified atom stereocenters. The van der Waals surface area contributed by atoms with E-state index in [0.29, 0.717) is 6.08 Å². The van der Waals surface area contributed by atoms with Crippen molar-refractivity contribution in [1.82, 2.24) is 0 Å². The van der Waals surface area contributed by atoms with E-state index in [1.165, 1.54) is 7.11 Å². The molecule has 0 saturated carbocycles. The number of hydrogen-bond donors (Lipinski definition) is 1. The molecule has 0 aromatic carbocycles. The van der Waals surface area contributed by atoms with E-state index in [2.05, 4.69) is 4.74 Å². The third-order valence-electron chi connectivity index (χ3n) is 0.394. The lowest BCUT2D eigenvalue weighted by Crippen LogP contribution is -2.14. The summed E-state index contributed by atoms with van der Waals surface area (Å²) in [5.41, 5.74) is 4.81. The van der Waals surface area contributed by atoms with Gasteiger partial charge < -0.3 is 15.9 Å². The zero-order valence-electron chi connectivity index (χ0n) is 4.96. The van der Waals surface area contributed by atoms with Crippen molar-refractivity contribution in [2.24, 2.45) is 5.73 Å². The fourth-order valence-electron chi connectivity index (χ4n) is 0.0833. The SMILES string of the molecule is COC(=O)CN.[N-]=C=O. The first kappa shape index (κ1) is 10.7. The van der Waals surface area contributed by atoms with Crippen molar-refractivity contribution in [3.8, 4) is 0 Å². The Labute approximate surface area is 52.3 Å². The lowest BCUT2D eigenvalue weighted by molar-refractivity contribution is -0.138. The van der Waals surface area contributed by atoms with Crippen LogP contribution < -0.4 is 5.73 Å². The molecule has 0 spiro atoms. The van der Waals surface area contributed by atoms with Gasteiger partial charge in [-0.3, -0.25) is 9.59 Å². The fourth-order valence-corrected chi connectivity index (χ4v) is 0.0833. The molecule has 0 radical (unpaired) electrons. The molecule has 5 heteroatoms. The molecule has 0 fully saturated rings. The standard InChI is InChI=1S/C3H7NO2.CNO/c1-6-3(5)2-4;2-1-3/h2,4H2,1H3;/q;-1. The maximum Gasteiger partial charge on any atom is 0.319 e. The van der Waals surface area contributed by atoms with Crippen LogP contribution in [0.1, 0.15) is 0 Å². The molecular formula is C4H7N2O3-. The molecule has 0 aromatic heterocycles. The minimum absolute atomic E-state index is 0.0312. The van der Waals surface area contributed by atoms with Gasteiger partial charge in [0, 0.05) is 0 Å². The fraction of sp³-hybridized carbons (Fsp3) is 0.500. The average molecular weight is 131 g/mol. The topological polar surface area (TPSA) is 91.7 Å². The summed E-state index contributed by atoms with van der Waals surface area (Å²) in [7, 11) is 1.30. The van der Waals surface area contributed by atoms with E-state index in [1.807, 2.05) is 0 Å². The molecule has 9 heavy (non-hydrogen) atoms. The predicted molar refractivity (Wildman–Crippen MR) is 30.1 cm³/mol. The van der Waals surface area contributed by atoms with Crippen molar-refractivity contribution >= 4 is 12.0 Å². The molecule has 0 heterocycles. The number of isocyanates is 1. The minimum Gasteiger partial charge on any atom is -0.724 e. The molecule has 0 saturated heterocycles. The highest BCUT2D eigenvalue weighted by atomic mass is 16.5. The Balaban J connectivity index is 0. The first-order chi connectivity index (χ1) is 4.22. The van der Waals surface area contributed by atoms with Crippen molar-refractivity contribution in [3.63, 3.8) is 0 Å². The van der Waals surface area contributed by atoms with Crippen LogP contribution in [-0.2, 0) is 14.3 Å². The summed E-state index contributed by atoms with van der Waals surface area (Å²) in [6.07, 6.45) is 0.500. The second-order valence-corrected chi connectivity index (χ2v) is 0.872. The molecule has 0 amide bonds. The highest BCUT2D eigenvalue weighted by molar-refractivity contribution is 5.70. The second kappa shape index (κ2) is 9.94. The summed E-state index contributed by atoms with van der Waals surface area (Å²) >= 11 is 0. The van der Waals surface area contributed by atoms with Crippen LogP contribution in [-0.4, -0.2) is 25.7 Å². The molecule has 0 aliphatic carbocycles. The van der Waals surface area contributed by atoms with Gasteiger partial charge in [0.2, 0.25) is 0 Å². The van der Waals surface area contributed by atoms with E-state index in [9.17, 15) is 4.79 Å². The number of esters is 1. The third kappa shape index (κ3) is 20.0. The number of methoxy groups -OCH3 is 1. The van der Waals surface area contributed by atoms with Crippen molar-refractivity contribution in [2.45, 2.75) is 0 Å². The minimum atomic E-state index is -0.380. The Morgan fingerprint density at radius 1 is 1.89 bits per heavy atom. The third-order valence-corrected chi connectivity index (χ3v) is 0.394. The van der Waals surface area contributed by atoms with Crippen LogP contribution in [0.15, 0.2) is 0 Å². The Morgan fingerprint density at radius 3 is 2.22 bits per heavy atom. The normalized spacial score (nSPS) is 6.00. The Kier molecular flexibility index (Phi) is 11.8. The molecule has 0 aliphatic heterocycles. The van der Waals surface area contributed by atoms with Crippen LogP contribution in [0, 0.1) is 0 Å². The maximum atomic E-state index is 9.83. The highest BCUT2D eigenvalue weighted by Gasteiger charge is 1.87. The molecular weight excluding hydrogens is 124 g/mol. The monoisotopic (exact) mass is 131 g/mol. The summed E-state index contributed by atoms with van der Waals surface area (Å²) in [5.74, 6) is -0.380. The summed E-state index contributed by atoms with van der Waals surface area (Å²) in [4.78, 5) is 18.1. The van der Waals surface area contributed by atoms with Crippen molar-refractivity contribution in [3.05, 3.63) is 5.41 Å². The van der Waals surface area contributed by atoms with Crippen LogP contribution in [0.2, 0.25) is 0 Å². The van der Waals surface area contributed by atoms with E-state index in [0.717, 1.165) is 0 Å². The van der Waals surface area contributed by atoms with E-state index in [1.54, 1.807) is 0 Å². The van der Waals surface area contributed by atoms with E-state index in [-0.39, 0.29) is 12.5 Å². The van der Waals surface area contributed by atoms with Gasteiger partial charge in [0.1, 0.15) is 0 Å². The molecule has 52 valence electrons. The summed E-state index contributed by atoms with van der Waals surface area (Å²) in [5, 5.41) is 6.76. The number of nitrogens with zero attached hydrogens (tertiary/aromatic N) is 1. The smallest absolute Gasteiger partial charge is 0.319 e. The van der Waals surface area contributed by atoms with Gasteiger partial charge in [0.25, 0.3) is 0 Å². The summed E-state index contributed by atoms with van der Waals surface area (Å²) < 4.78 is 4.14. The highest BCUT2D eigenvalue weighted by Crippen LogP contribution is 1.61. The number of rotatable bonds is 1. The van der Waals surface area contributed by atoms with E-state index < -0.39 is 0 Å². The van der Waals surface area contributed by atoms with Crippen LogP contribution in [0.25, 0.3) is 5.41 Å². The zero-order chi connectivity index (χ0) is 7.70. The van der Waals surface area contributed by atoms with Gasteiger partial charge in [0.15, 0.2) is 0 Å². The number of nitrogens with two attached hydrogens (primary N) is 1. The van der Waals surface area contributed by atoms with Crippen LogP contribution in [0.3, 0.4) is 0 Å². The first-order valence-corrected chi connectivity index (χ1v) is 2.01. The number of carbonyl (C=O) groups is 1. The van der Waals surface area contributed by atoms with Gasteiger partial charge in [-0.1, -0.05) is 0 Å². The summed E-state index contributed by atoms with van der Waals surface area (Å²) in [6.45, 7) is -0.0312. The number of ether oxygens (including phenoxy) is 1. The van der Waals surface area contributed by atoms with Gasteiger partial charge in [-0.15, -0.1) is 0 Å².